The van der Waals surface area contributed by atoms with Crippen LogP contribution < -0.4 is 10.6 Å². The summed E-state index contributed by atoms with van der Waals surface area (Å²) in [5.41, 5.74) is 6.39. The van der Waals surface area contributed by atoms with E-state index in [1.165, 1.54) is 12.3 Å². The van der Waals surface area contributed by atoms with Crippen LogP contribution in [0.5, 0.6) is 0 Å². The van der Waals surface area contributed by atoms with Crippen LogP contribution in [0.1, 0.15) is 15.9 Å². The summed E-state index contributed by atoms with van der Waals surface area (Å²) in [6, 6.07) is 8.85. The number of halogens is 2. The second-order valence-corrected chi connectivity index (χ2v) is 5.51. The Labute approximate surface area is 138 Å². The fourth-order valence-electron chi connectivity index (χ4n) is 2.03. The van der Waals surface area contributed by atoms with Crippen molar-refractivity contribution in [2.24, 2.45) is 5.73 Å². The van der Waals surface area contributed by atoms with Crippen LogP contribution in [0.4, 0.5) is 5.82 Å². The SMILES string of the molecule is NC(=O)c1cnc(N(CCO)Cc2cccc(Cl)c2)c(Cl)c1. The summed E-state index contributed by atoms with van der Waals surface area (Å²) in [6.07, 6.45) is 1.37. The molecule has 116 valence electrons. The van der Waals surface area contributed by atoms with E-state index in [-0.39, 0.29) is 12.2 Å². The first-order valence-corrected chi connectivity index (χ1v) is 7.32. The first kappa shape index (κ1) is 16.5. The van der Waals surface area contributed by atoms with E-state index in [1.54, 1.807) is 11.0 Å². The molecule has 0 radical (unpaired) electrons. The fourth-order valence-corrected chi connectivity index (χ4v) is 2.53. The number of primary amides is 1. The van der Waals surface area contributed by atoms with Crippen molar-refractivity contribution >= 4 is 34.9 Å². The molecule has 2 rings (SSSR count). The number of carbonyl (C=O) groups is 1. The molecule has 0 fully saturated rings. The lowest BCUT2D eigenvalue weighted by Gasteiger charge is -2.24. The average Bonchev–Trinajstić information content (AvgIpc) is 2.46. The van der Waals surface area contributed by atoms with Crippen LogP contribution in [-0.2, 0) is 6.54 Å². The van der Waals surface area contributed by atoms with Gasteiger partial charge in [0.2, 0.25) is 5.91 Å². The zero-order valence-corrected chi connectivity index (χ0v) is 13.2. The van der Waals surface area contributed by atoms with Crippen LogP contribution >= 0.6 is 23.2 Å². The summed E-state index contributed by atoms with van der Waals surface area (Å²) in [5, 5.41) is 10.2. The molecule has 3 N–H and O–H groups in total. The van der Waals surface area contributed by atoms with E-state index in [1.807, 2.05) is 18.2 Å². The predicted molar refractivity (Wildman–Crippen MR) is 87.4 cm³/mol. The minimum atomic E-state index is -0.593. The molecule has 1 amide bonds. The maximum atomic E-state index is 11.1. The molecule has 0 bridgehead atoms. The zero-order valence-electron chi connectivity index (χ0n) is 11.7. The quantitative estimate of drug-likeness (QED) is 0.847. The van der Waals surface area contributed by atoms with Crippen molar-refractivity contribution in [1.82, 2.24) is 4.98 Å². The molecule has 0 atom stereocenters. The first-order valence-electron chi connectivity index (χ1n) is 6.57. The number of carbonyl (C=O) groups excluding carboxylic acids is 1. The van der Waals surface area contributed by atoms with Crippen molar-refractivity contribution in [3.05, 3.63) is 57.7 Å². The molecule has 0 aliphatic carbocycles. The number of aromatic nitrogens is 1. The van der Waals surface area contributed by atoms with Gasteiger partial charge in [0.1, 0.15) is 5.82 Å². The molecule has 1 aromatic heterocycles. The molecular formula is C15H15Cl2N3O2. The van der Waals surface area contributed by atoms with Crippen LogP contribution in [0, 0.1) is 0 Å². The number of aliphatic hydroxyl groups excluding tert-OH is 1. The van der Waals surface area contributed by atoms with Gasteiger partial charge in [-0.1, -0.05) is 35.3 Å². The smallest absolute Gasteiger partial charge is 0.250 e. The summed E-state index contributed by atoms with van der Waals surface area (Å²) in [5.74, 6) is -0.120. The fraction of sp³-hybridized carbons (Fsp3) is 0.200. The number of aliphatic hydroxyl groups is 1. The Kier molecular flexibility index (Phi) is 5.60. The molecule has 1 heterocycles. The molecule has 7 heteroatoms. The number of anilines is 1. The molecule has 2 aromatic rings. The molecular weight excluding hydrogens is 325 g/mol. The topological polar surface area (TPSA) is 79.5 Å². The summed E-state index contributed by atoms with van der Waals surface area (Å²) in [6.45, 7) is 0.759. The third-order valence-corrected chi connectivity index (χ3v) is 3.55. The van der Waals surface area contributed by atoms with Gasteiger partial charge in [0.25, 0.3) is 0 Å². The first-order chi connectivity index (χ1) is 10.5. The highest BCUT2D eigenvalue weighted by molar-refractivity contribution is 6.33. The van der Waals surface area contributed by atoms with Gasteiger partial charge in [0.05, 0.1) is 17.2 Å². The Hall–Kier alpha value is -1.82. The van der Waals surface area contributed by atoms with Crippen LogP contribution in [0.2, 0.25) is 10.0 Å². The van der Waals surface area contributed by atoms with Gasteiger partial charge in [-0.2, -0.15) is 0 Å². The minimum absolute atomic E-state index is 0.0594. The van der Waals surface area contributed by atoms with E-state index < -0.39 is 5.91 Å². The Morgan fingerprint density at radius 1 is 1.32 bits per heavy atom. The highest BCUT2D eigenvalue weighted by Gasteiger charge is 2.14. The van der Waals surface area contributed by atoms with Gasteiger partial charge in [-0.05, 0) is 23.8 Å². The van der Waals surface area contributed by atoms with Gasteiger partial charge in [0, 0.05) is 24.3 Å². The number of rotatable bonds is 6. The number of hydrogen-bond acceptors (Lipinski definition) is 4. The number of amides is 1. The lowest BCUT2D eigenvalue weighted by atomic mass is 10.2. The molecule has 22 heavy (non-hydrogen) atoms. The standard InChI is InChI=1S/C15H15Cl2N3O2/c16-12-3-1-2-10(6-12)9-20(4-5-21)15-13(17)7-11(8-19-15)14(18)22/h1-3,6-8,21H,4-5,9H2,(H2,18,22). The largest absolute Gasteiger partial charge is 0.395 e. The van der Waals surface area contributed by atoms with Gasteiger partial charge in [0.15, 0.2) is 0 Å². The average molecular weight is 340 g/mol. The Balaban J connectivity index is 2.29. The van der Waals surface area contributed by atoms with Crippen molar-refractivity contribution in [3.8, 4) is 0 Å². The lowest BCUT2D eigenvalue weighted by Crippen LogP contribution is -2.27. The van der Waals surface area contributed by atoms with Gasteiger partial charge < -0.3 is 15.7 Å². The number of nitrogens with zero attached hydrogens (tertiary/aromatic N) is 2. The van der Waals surface area contributed by atoms with E-state index in [0.29, 0.717) is 29.0 Å². The molecule has 0 aliphatic heterocycles. The third kappa shape index (κ3) is 4.10. The van der Waals surface area contributed by atoms with E-state index in [4.69, 9.17) is 28.9 Å². The third-order valence-electron chi connectivity index (χ3n) is 3.04. The summed E-state index contributed by atoms with van der Waals surface area (Å²) in [7, 11) is 0. The lowest BCUT2D eigenvalue weighted by molar-refractivity contribution is 0.1000. The van der Waals surface area contributed by atoms with Crippen molar-refractivity contribution in [3.63, 3.8) is 0 Å². The second kappa shape index (κ2) is 7.45. The van der Waals surface area contributed by atoms with Gasteiger partial charge in [-0.3, -0.25) is 4.79 Å². The van der Waals surface area contributed by atoms with Crippen molar-refractivity contribution < 1.29 is 9.90 Å². The molecule has 1 aromatic carbocycles. The highest BCUT2D eigenvalue weighted by Crippen LogP contribution is 2.26. The Bertz CT molecular complexity index is 680. The maximum Gasteiger partial charge on any atom is 0.250 e. The van der Waals surface area contributed by atoms with Crippen LogP contribution in [-0.4, -0.2) is 29.1 Å². The predicted octanol–water partition coefficient (Wildman–Crippen LogP) is 2.49. The van der Waals surface area contributed by atoms with Crippen molar-refractivity contribution in [1.29, 1.82) is 0 Å². The Morgan fingerprint density at radius 3 is 2.68 bits per heavy atom. The van der Waals surface area contributed by atoms with Crippen LogP contribution in [0.15, 0.2) is 36.5 Å². The van der Waals surface area contributed by atoms with Crippen LogP contribution in [0.3, 0.4) is 0 Å². The highest BCUT2D eigenvalue weighted by atomic mass is 35.5. The van der Waals surface area contributed by atoms with Crippen molar-refractivity contribution in [2.75, 3.05) is 18.1 Å². The number of pyridine rings is 1. The number of hydrogen-bond donors (Lipinski definition) is 2. The minimum Gasteiger partial charge on any atom is -0.395 e. The van der Waals surface area contributed by atoms with E-state index in [0.717, 1.165) is 5.56 Å². The molecule has 0 aliphatic rings. The summed E-state index contributed by atoms with van der Waals surface area (Å²) in [4.78, 5) is 17.1. The molecule has 0 spiro atoms. The van der Waals surface area contributed by atoms with Gasteiger partial charge in [-0.25, -0.2) is 4.98 Å². The normalized spacial score (nSPS) is 10.5. The number of benzene rings is 1. The summed E-state index contributed by atoms with van der Waals surface area (Å²) >= 11 is 12.2. The second-order valence-electron chi connectivity index (χ2n) is 4.67. The molecule has 0 saturated heterocycles. The van der Waals surface area contributed by atoms with Crippen LogP contribution in [0.25, 0.3) is 0 Å². The maximum absolute atomic E-state index is 11.1. The summed E-state index contributed by atoms with van der Waals surface area (Å²) < 4.78 is 0. The van der Waals surface area contributed by atoms with Gasteiger partial charge in [-0.15, -0.1) is 0 Å². The monoisotopic (exact) mass is 339 g/mol. The molecule has 5 nitrogen and oxygen atoms in total. The molecule has 0 unspecified atom stereocenters. The van der Waals surface area contributed by atoms with E-state index in [2.05, 4.69) is 4.98 Å². The van der Waals surface area contributed by atoms with E-state index in [9.17, 15) is 9.90 Å². The zero-order chi connectivity index (χ0) is 16.1. The Morgan fingerprint density at radius 2 is 2.09 bits per heavy atom. The number of nitrogens with two attached hydrogens (primary N) is 1. The van der Waals surface area contributed by atoms with Gasteiger partial charge >= 0.3 is 0 Å². The van der Waals surface area contributed by atoms with Crippen molar-refractivity contribution in [2.45, 2.75) is 6.54 Å². The van der Waals surface area contributed by atoms with E-state index >= 15 is 0 Å². The molecule has 0 saturated carbocycles.